The highest BCUT2D eigenvalue weighted by atomic mass is 16.5. The average Bonchev–Trinajstić information content (AvgIpc) is 3.46. The van der Waals surface area contributed by atoms with Gasteiger partial charge in [0, 0.05) is 5.69 Å². The first-order valence-electron chi connectivity index (χ1n) is 10.5. The number of esters is 1. The predicted molar refractivity (Wildman–Crippen MR) is 112 cm³/mol. The van der Waals surface area contributed by atoms with Crippen LogP contribution < -0.4 is 10.2 Å². The molecule has 2 aromatic carbocycles. The van der Waals surface area contributed by atoms with E-state index in [9.17, 15) is 19.2 Å². The first-order valence-corrected chi connectivity index (χ1v) is 10.5. The third kappa shape index (κ3) is 3.40. The molecule has 2 aromatic rings. The standard InChI is InChI=1S/C24H22N2O5/c27-19(25-17-6-2-1-3-7-17)13-31-24(30)16-5-4-8-18(12-16)26-22(28)20-14-9-10-15(11-14)21(20)23(26)29/h1-8,12,14-15,20-21H,9-11,13H2,(H,25,27)/t14-,15-,20-,21-/m0/s1. The van der Waals surface area contributed by atoms with Gasteiger partial charge in [0.25, 0.3) is 5.91 Å². The number of carbonyl (C=O) groups excluding carboxylic acids is 4. The number of imide groups is 1. The van der Waals surface area contributed by atoms with Gasteiger partial charge in [-0.2, -0.15) is 0 Å². The van der Waals surface area contributed by atoms with Crippen molar-refractivity contribution in [2.75, 3.05) is 16.8 Å². The van der Waals surface area contributed by atoms with Gasteiger partial charge >= 0.3 is 5.97 Å². The van der Waals surface area contributed by atoms with Crippen LogP contribution in [0.4, 0.5) is 11.4 Å². The molecule has 1 N–H and O–H groups in total. The molecule has 7 nitrogen and oxygen atoms in total. The molecule has 2 bridgehead atoms. The summed E-state index contributed by atoms with van der Waals surface area (Å²) >= 11 is 0. The molecule has 7 heteroatoms. The van der Waals surface area contributed by atoms with Crippen LogP contribution in [0.25, 0.3) is 0 Å². The van der Waals surface area contributed by atoms with Gasteiger partial charge in [0.15, 0.2) is 6.61 Å². The second-order valence-corrected chi connectivity index (χ2v) is 8.44. The molecule has 0 aromatic heterocycles. The number of nitrogens with one attached hydrogen (secondary N) is 1. The summed E-state index contributed by atoms with van der Waals surface area (Å²) in [5, 5.41) is 2.64. The topological polar surface area (TPSA) is 92.8 Å². The molecule has 158 valence electrons. The molecule has 0 spiro atoms. The fourth-order valence-electron chi connectivity index (χ4n) is 5.37. The number of amides is 3. The van der Waals surface area contributed by atoms with E-state index in [0.717, 1.165) is 19.3 Å². The summed E-state index contributed by atoms with van der Waals surface area (Å²) in [6.45, 7) is -0.437. The van der Waals surface area contributed by atoms with Crippen molar-refractivity contribution in [3.63, 3.8) is 0 Å². The Morgan fingerprint density at radius 2 is 1.61 bits per heavy atom. The molecule has 31 heavy (non-hydrogen) atoms. The second-order valence-electron chi connectivity index (χ2n) is 8.44. The molecule has 1 saturated heterocycles. The van der Waals surface area contributed by atoms with Gasteiger partial charge in [-0.15, -0.1) is 0 Å². The number of para-hydroxylation sites is 1. The first kappa shape index (κ1) is 19.5. The fourth-order valence-corrected chi connectivity index (χ4v) is 5.37. The molecule has 4 atom stereocenters. The van der Waals surface area contributed by atoms with E-state index in [1.807, 2.05) is 6.07 Å². The van der Waals surface area contributed by atoms with Gasteiger partial charge in [0.05, 0.1) is 23.1 Å². The summed E-state index contributed by atoms with van der Waals surface area (Å²) < 4.78 is 5.11. The van der Waals surface area contributed by atoms with Crippen molar-refractivity contribution in [2.45, 2.75) is 19.3 Å². The van der Waals surface area contributed by atoms with Gasteiger partial charge in [0.1, 0.15) is 0 Å². The number of hydrogen-bond acceptors (Lipinski definition) is 5. The van der Waals surface area contributed by atoms with Gasteiger partial charge in [-0.25, -0.2) is 4.79 Å². The monoisotopic (exact) mass is 418 g/mol. The van der Waals surface area contributed by atoms with Crippen molar-refractivity contribution in [3.05, 3.63) is 60.2 Å². The van der Waals surface area contributed by atoms with Crippen LogP contribution in [-0.2, 0) is 19.1 Å². The number of benzene rings is 2. The van der Waals surface area contributed by atoms with Crippen molar-refractivity contribution >= 4 is 35.1 Å². The Morgan fingerprint density at radius 1 is 0.935 bits per heavy atom. The van der Waals surface area contributed by atoms with Crippen LogP contribution in [0.2, 0.25) is 0 Å². The van der Waals surface area contributed by atoms with Crippen molar-refractivity contribution < 1.29 is 23.9 Å². The summed E-state index contributed by atoms with van der Waals surface area (Å²) in [6.07, 6.45) is 2.99. The van der Waals surface area contributed by atoms with Crippen molar-refractivity contribution in [3.8, 4) is 0 Å². The molecule has 3 amide bonds. The summed E-state index contributed by atoms with van der Waals surface area (Å²) in [7, 11) is 0. The molecule has 1 aliphatic heterocycles. The van der Waals surface area contributed by atoms with Crippen LogP contribution in [0, 0.1) is 23.7 Å². The van der Waals surface area contributed by atoms with E-state index in [1.54, 1.807) is 36.4 Å². The van der Waals surface area contributed by atoms with Crippen LogP contribution >= 0.6 is 0 Å². The number of rotatable bonds is 5. The lowest BCUT2D eigenvalue weighted by atomic mass is 9.81. The van der Waals surface area contributed by atoms with Gasteiger partial charge in [-0.3, -0.25) is 19.3 Å². The van der Waals surface area contributed by atoms with E-state index in [-0.39, 0.29) is 29.2 Å². The lowest BCUT2D eigenvalue weighted by Gasteiger charge is -2.19. The Hall–Kier alpha value is -3.48. The summed E-state index contributed by atoms with van der Waals surface area (Å²) in [5.74, 6) is -1.30. The number of nitrogens with zero attached hydrogens (tertiary/aromatic N) is 1. The quantitative estimate of drug-likeness (QED) is 0.595. The molecular weight excluding hydrogens is 396 g/mol. The number of anilines is 2. The number of hydrogen-bond donors (Lipinski definition) is 1. The molecule has 3 aliphatic rings. The Kier molecular flexibility index (Phi) is 4.81. The SMILES string of the molecule is O=C(COC(=O)c1cccc(N2C(=O)[C@H]3[C@H]4CC[C@@H](C4)[C@@H]3C2=O)c1)Nc1ccccc1. The summed E-state index contributed by atoms with van der Waals surface area (Å²) in [6, 6.07) is 15.1. The zero-order valence-electron chi connectivity index (χ0n) is 16.8. The largest absolute Gasteiger partial charge is 0.452 e. The second kappa shape index (κ2) is 7.65. The van der Waals surface area contributed by atoms with Crippen LogP contribution in [0.15, 0.2) is 54.6 Å². The van der Waals surface area contributed by atoms with Gasteiger partial charge in [-0.1, -0.05) is 24.3 Å². The van der Waals surface area contributed by atoms with Crippen molar-refractivity contribution in [1.29, 1.82) is 0 Å². The highest BCUT2D eigenvalue weighted by molar-refractivity contribution is 6.22. The molecule has 2 aliphatic carbocycles. The maximum atomic E-state index is 13.0. The Labute approximate surface area is 179 Å². The first-order chi connectivity index (χ1) is 15.0. The third-order valence-corrected chi connectivity index (χ3v) is 6.66. The van der Waals surface area contributed by atoms with E-state index in [0.29, 0.717) is 23.2 Å². The highest BCUT2D eigenvalue weighted by Crippen LogP contribution is 2.56. The Bertz CT molecular complexity index is 1040. The molecule has 0 unspecified atom stereocenters. The normalized spacial score (nSPS) is 26.1. The lowest BCUT2D eigenvalue weighted by molar-refractivity contribution is -0.123. The van der Waals surface area contributed by atoms with Gasteiger partial charge in [0.2, 0.25) is 11.8 Å². The minimum atomic E-state index is -0.690. The zero-order chi connectivity index (χ0) is 21.5. The minimum Gasteiger partial charge on any atom is -0.452 e. The van der Waals surface area contributed by atoms with Crippen LogP contribution in [-0.4, -0.2) is 30.3 Å². The predicted octanol–water partition coefficient (Wildman–Crippen LogP) is 3.02. The lowest BCUT2D eigenvalue weighted by Crippen LogP contribution is -2.32. The Balaban J connectivity index is 1.26. The van der Waals surface area contributed by atoms with E-state index in [2.05, 4.69) is 5.32 Å². The molecule has 2 saturated carbocycles. The number of ether oxygens (including phenoxy) is 1. The van der Waals surface area contributed by atoms with Gasteiger partial charge < -0.3 is 10.1 Å². The minimum absolute atomic E-state index is 0.157. The van der Waals surface area contributed by atoms with E-state index in [4.69, 9.17) is 4.74 Å². The van der Waals surface area contributed by atoms with E-state index >= 15 is 0 Å². The maximum Gasteiger partial charge on any atom is 0.338 e. The fraction of sp³-hybridized carbons (Fsp3) is 0.333. The van der Waals surface area contributed by atoms with Crippen LogP contribution in [0.3, 0.4) is 0 Å². The van der Waals surface area contributed by atoms with Crippen molar-refractivity contribution in [1.82, 2.24) is 0 Å². The number of carbonyl (C=O) groups is 4. The average molecular weight is 418 g/mol. The molecule has 1 heterocycles. The third-order valence-electron chi connectivity index (χ3n) is 6.66. The molecule has 0 radical (unpaired) electrons. The maximum absolute atomic E-state index is 13.0. The number of fused-ring (bicyclic) bond motifs is 5. The van der Waals surface area contributed by atoms with Crippen LogP contribution in [0.1, 0.15) is 29.6 Å². The molecular formula is C24H22N2O5. The van der Waals surface area contributed by atoms with Crippen LogP contribution in [0.5, 0.6) is 0 Å². The highest BCUT2D eigenvalue weighted by Gasteiger charge is 2.61. The smallest absolute Gasteiger partial charge is 0.338 e. The van der Waals surface area contributed by atoms with Gasteiger partial charge in [-0.05, 0) is 61.4 Å². The van der Waals surface area contributed by atoms with E-state index < -0.39 is 18.5 Å². The van der Waals surface area contributed by atoms with E-state index in [1.165, 1.54) is 17.0 Å². The summed E-state index contributed by atoms with van der Waals surface area (Å²) in [5.41, 5.74) is 1.17. The molecule has 5 rings (SSSR count). The Morgan fingerprint density at radius 3 is 2.29 bits per heavy atom. The zero-order valence-corrected chi connectivity index (χ0v) is 16.8. The summed E-state index contributed by atoms with van der Waals surface area (Å²) in [4.78, 5) is 51.7. The van der Waals surface area contributed by atoms with Crippen molar-refractivity contribution in [2.24, 2.45) is 23.7 Å². The molecule has 3 fully saturated rings.